The molecule has 82 valence electrons. The highest BCUT2D eigenvalue weighted by molar-refractivity contribution is 5.73. The van der Waals surface area contributed by atoms with Crippen molar-refractivity contribution >= 4 is 5.91 Å². The van der Waals surface area contributed by atoms with E-state index in [4.69, 9.17) is 0 Å². The predicted octanol–water partition coefficient (Wildman–Crippen LogP) is 1.24. The first kappa shape index (κ1) is 11.5. The van der Waals surface area contributed by atoms with Gasteiger partial charge in [0.25, 0.3) is 0 Å². The molecular formula is C11H22N2O. The summed E-state index contributed by atoms with van der Waals surface area (Å²) in [6.45, 7) is 11.1. The van der Waals surface area contributed by atoms with Crippen molar-refractivity contribution in [1.29, 1.82) is 0 Å². The van der Waals surface area contributed by atoms with E-state index >= 15 is 0 Å². The van der Waals surface area contributed by atoms with Crippen LogP contribution in [-0.2, 0) is 4.79 Å². The van der Waals surface area contributed by atoms with Crippen LogP contribution in [0.1, 0.15) is 34.1 Å². The number of nitrogens with one attached hydrogen (secondary N) is 1. The van der Waals surface area contributed by atoms with Gasteiger partial charge in [-0.25, -0.2) is 0 Å². The smallest absolute Gasteiger partial charge is 0.219 e. The molecule has 0 aromatic rings. The SMILES string of the molecule is CC(=O)N1CCC(NCC(C)(C)C)C1. The van der Waals surface area contributed by atoms with E-state index in [0.717, 1.165) is 26.1 Å². The minimum absolute atomic E-state index is 0.199. The molecule has 0 radical (unpaired) electrons. The first-order valence-electron chi connectivity index (χ1n) is 5.37. The van der Waals surface area contributed by atoms with Gasteiger partial charge in [0, 0.05) is 32.6 Å². The van der Waals surface area contributed by atoms with Crippen molar-refractivity contribution in [2.75, 3.05) is 19.6 Å². The topological polar surface area (TPSA) is 32.3 Å². The molecule has 1 heterocycles. The van der Waals surface area contributed by atoms with E-state index in [1.165, 1.54) is 0 Å². The summed E-state index contributed by atoms with van der Waals surface area (Å²) in [4.78, 5) is 13.0. The van der Waals surface area contributed by atoms with Gasteiger partial charge >= 0.3 is 0 Å². The van der Waals surface area contributed by atoms with Crippen LogP contribution >= 0.6 is 0 Å². The highest BCUT2D eigenvalue weighted by Gasteiger charge is 2.24. The van der Waals surface area contributed by atoms with E-state index in [9.17, 15) is 4.79 Å². The molecule has 0 saturated carbocycles. The fourth-order valence-corrected chi connectivity index (χ4v) is 1.66. The molecule has 0 aromatic heterocycles. The molecule has 0 bridgehead atoms. The zero-order valence-electron chi connectivity index (χ0n) is 9.76. The van der Waals surface area contributed by atoms with Crippen molar-refractivity contribution in [3.05, 3.63) is 0 Å². The lowest BCUT2D eigenvalue weighted by Crippen LogP contribution is -2.38. The Morgan fingerprint density at radius 1 is 1.50 bits per heavy atom. The van der Waals surface area contributed by atoms with Crippen LogP contribution in [0.15, 0.2) is 0 Å². The average molecular weight is 198 g/mol. The quantitative estimate of drug-likeness (QED) is 0.724. The van der Waals surface area contributed by atoms with Gasteiger partial charge < -0.3 is 10.2 Å². The van der Waals surface area contributed by atoms with Gasteiger partial charge in [0.15, 0.2) is 0 Å². The van der Waals surface area contributed by atoms with Crippen LogP contribution in [0.25, 0.3) is 0 Å². The largest absolute Gasteiger partial charge is 0.341 e. The van der Waals surface area contributed by atoms with Crippen LogP contribution in [0.2, 0.25) is 0 Å². The molecule has 1 atom stereocenters. The molecule has 0 spiro atoms. The van der Waals surface area contributed by atoms with Crippen molar-refractivity contribution in [2.24, 2.45) is 5.41 Å². The molecule has 0 aliphatic carbocycles. The van der Waals surface area contributed by atoms with Gasteiger partial charge in [0.1, 0.15) is 0 Å². The summed E-state index contributed by atoms with van der Waals surface area (Å²) in [5.74, 6) is 0.199. The Morgan fingerprint density at radius 2 is 2.14 bits per heavy atom. The summed E-state index contributed by atoms with van der Waals surface area (Å²) in [7, 11) is 0. The number of likely N-dealkylation sites (tertiary alicyclic amines) is 1. The number of hydrogen-bond donors (Lipinski definition) is 1. The summed E-state index contributed by atoms with van der Waals surface area (Å²) in [6, 6.07) is 0.498. The first-order chi connectivity index (χ1) is 6.38. The Morgan fingerprint density at radius 3 is 2.57 bits per heavy atom. The molecule has 14 heavy (non-hydrogen) atoms. The van der Waals surface area contributed by atoms with E-state index < -0.39 is 0 Å². The Balaban J connectivity index is 2.26. The Labute approximate surface area is 86.9 Å². The maximum Gasteiger partial charge on any atom is 0.219 e. The van der Waals surface area contributed by atoms with Crippen LogP contribution in [0.3, 0.4) is 0 Å². The van der Waals surface area contributed by atoms with Gasteiger partial charge in [-0.05, 0) is 11.8 Å². The van der Waals surface area contributed by atoms with Crippen molar-refractivity contribution in [3.63, 3.8) is 0 Å². The highest BCUT2D eigenvalue weighted by Crippen LogP contribution is 2.14. The van der Waals surface area contributed by atoms with Gasteiger partial charge in [-0.15, -0.1) is 0 Å². The van der Waals surface area contributed by atoms with Gasteiger partial charge in [-0.3, -0.25) is 4.79 Å². The van der Waals surface area contributed by atoms with Gasteiger partial charge in [0.05, 0.1) is 0 Å². The zero-order valence-corrected chi connectivity index (χ0v) is 9.76. The lowest BCUT2D eigenvalue weighted by atomic mass is 9.96. The summed E-state index contributed by atoms with van der Waals surface area (Å²) in [5, 5.41) is 3.51. The molecule has 1 saturated heterocycles. The second-order valence-electron chi connectivity index (χ2n) is 5.39. The predicted molar refractivity (Wildman–Crippen MR) is 58.1 cm³/mol. The number of carbonyl (C=O) groups is 1. The maximum absolute atomic E-state index is 11.1. The third kappa shape index (κ3) is 3.66. The van der Waals surface area contributed by atoms with Crippen molar-refractivity contribution in [1.82, 2.24) is 10.2 Å². The van der Waals surface area contributed by atoms with E-state index in [1.54, 1.807) is 6.92 Å². The summed E-state index contributed by atoms with van der Waals surface area (Å²) in [6.07, 6.45) is 1.09. The molecule has 1 rings (SSSR count). The van der Waals surface area contributed by atoms with Crippen LogP contribution in [0.5, 0.6) is 0 Å². The second-order valence-corrected chi connectivity index (χ2v) is 5.39. The average Bonchev–Trinajstić information content (AvgIpc) is 2.47. The highest BCUT2D eigenvalue weighted by atomic mass is 16.2. The summed E-state index contributed by atoms with van der Waals surface area (Å²) < 4.78 is 0. The number of hydrogen-bond acceptors (Lipinski definition) is 2. The molecule has 1 fully saturated rings. The minimum atomic E-state index is 0.199. The fourth-order valence-electron chi connectivity index (χ4n) is 1.66. The Hall–Kier alpha value is -0.570. The van der Waals surface area contributed by atoms with Crippen molar-refractivity contribution in [2.45, 2.75) is 40.2 Å². The minimum Gasteiger partial charge on any atom is -0.341 e. The third-order valence-corrected chi connectivity index (χ3v) is 2.55. The van der Waals surface area contributed by atoms with Gasteiger partial charge in [-0.2, -0.15) is 0 Å². The lowest BCUT2D eigenvalue weighted by Gasteiger charge is -2.22. The second kappa shape index (κ2) is 4.30. The zero-order chi connectivity index (χ0) is 10.8. The summed E-state index contributed by atoms with van der Waals surface area (Å²) in [5.41, 5.74) is 0.323. The number of amides is 1. The maximum atomic E-state index is 11.1. The molecule has 1 N–H and O–H groups in total. The van der Waals surface area contributed by atoms with E-state index in [2.05, 4.69) is 26.1 Å². The fraction of sp³-hybridized carbons (Fsp3) is 0.909. The number of rotatable bonds is 2. The lowest BCUT2D eigenvalue weighted by molar-refractivity contribution is -0.127. The molecule has 1 amide bonds. The van der Waals surface area contributed by atoms with Crippen molar-refractivity contribution < 1.29 is 4.79 Å². The van der Waals surface area contributed by atoms with Gasteiger partial charge in [-0.1, -0.05) is 20.8 Å². The van der Waals surface area contributed by atoms with Crippen LogP contribution in [-0.4, -0.2) is 36.5 Å². The van der Waals surface area contributed by atoms with E-state index in [-0.39, 0.29) is 5.91 Å². The molecule has 1 aliphatic heterocycles. The van der Waals surface area contributed by atoms with Gasteiger partial charge in [0.2, 0.25) is 5.91 Å². The molecule has 3 nitrogen and oxygen atoms in total. The summed E-state index contributed by atoms with van der Waals surface area (Å²) >= 11 is 0. The van der Waals surface area contributed by atoms with Crippen molar-refractivity contribution in [3.8, 4) is 0 Å². The van der Waals surface area contributed by atoms with Crippen LogP contribution in [0.4, 0.5) is 0 Å². The molecule has 1 aliphatic rings. The standard InChI is InChI=1S/C11H22N2O/c1-9(14)13-6-5-10(7-13)12-8-11(2,3)4/h10,12H,5-8H2,1-4H3. The molecule has 3 heteroatoms. The number of nitrogens with zero attached hydrogens (tertiary/aromatic N) is 1. The Kier molecular flexibility index (Phi) is 3.53. The first-order valence-corrected chi connectivity index (χ1v) is 5.37. The van der Waals surface area contributed by atoms with E-state index in [0.29, 0.717) is 11.5 Å². The molecule has 0 aromatic carbocycles. The molecule has 1 unspecified atom stereocenters. The third-order valence-electron chi connectivity index (χ3n) is 2.55. The van der Waals surface area contributed by atoms with Crippen LogP contribution in [0, 0.1) is 5.41 Å². The monoisotopic (exact) mass is 198 g/mol. The molecular weight excluding hydrogens is 176 g/mol. The van der Waals surface area contributed by atoms with E-state index in [1.807, 2.05) is 4.90 Å². The van der Waals surface area contributed by atoms with Crippen LogP contribution < -0.4 is 5.32 Å². The Bertz CT molecular complexity index is 208. The normalized spacial score (nSPS) is 22.9. The number of carbonyl (C=O) groups excluding carboxylic acids is 1.